The van der Waals surface area contributed by atoms with E-state index >= 15 is 0 Å². The molecule has 0 aliphatic rings. The van der Waals surface area contributed by atoms with Gasteiger partial charge in [0.05, 0.1) is 12.2 Å². The lowest BCUT2D eigenvalue weighted by atomic mass is 10.1. The van der Waals surface area contributed by atoms with Crippen molar-refractivity contribution in [3.63, 3.8) is 0 Å². The molecule has 0 amide bonds. The Morgan fingerprint density at radius 1 is 0.905 bits per heavy atom. The maximum absolute atomic E-state index is 9.45. The molecule has 1 aromatic heterocycles. The first kappa shape index (κ1) is 13.4. The Hall–Kier alpha value is -2.62. The molecule has 21 heavy (non-hydrogen) atoms. The summed E-state index contributed by atoms with van der Waals surface area (Å²) in [6, 6.07) is 17.5. The van der Waals surface area contributed by atoms with E-state index in [0.717, 1.165) is 30.6 Å². The molecule has 0 aliphatic carbocycles. The maximum atomic E-state index is 9.45. The van der Waals surface area contributed by atoms with Crippen LogP contribution in [0.15, 0.2) is 60.8 Å². The Balaban J connectivity index is 1.60. The number of nitrogens with zero attached hydrogens (tertiary/aromatic N) is 3. The fourth-order valence-corrected chi connectivity index (χ4v) is 2.29. The number of rotatable bonds is 5. The number of phenolic OH excluding ortho intramolecular Hbond substituents is 1. The quantitative estimate of drug-likeness (QED) is 0.781. The molecule has 106 valence electrons. The molecule has 0 aliphatic heterocycles. The van der Waals surface area contributed by atoms with Gasteiger partial charge in [-0.05, 0) is 36.1 Å². The van der Waals surface area contributed by atoms with Gasteiger partial charge in [0, 0.05) is 6.20 Å². The summed E-state index contributed by atoms with van der Waals surface area (Å²) >= 11 is 0. The number of hydrogen-bond acceptors (Lipinski definition) is 3. The maximum Gasteiger partial charge on any atom is 0.115 e. The second-order valence-electron chi connectivity index (χ2n) is 5.06. The van der Waals surface area contributed by atoms with Gasteiger partial charge >= 0.3 is 0 Å². The highest BCUT2D eigenvalue weighted by Gasteiger charge is 2.03. The van der Waals surface area contributed by atoms with Crippen LogP contribution in [-0.2, 0) is 19.4 Å². The second-order valence-corrected chi connectivity index (χ2v) is 5.06. The minimum atomic E-state index is 0.306. The van der Waals surface area contributed by atoms with Gasteiger partial charge in [-0.15, -0.1) is 5.10 Å². The molecule has 4 heteroatoms. The zero-order chi connectivity index (χ0) is 14.5. The average molecular weight is 279 g/mol. The molecule has 0 saturated heterocycles. The standard InChI is InChI=1S/C17H17N3O/c21-17-8-4-7-14(11-17)9-10-16-13-20(19-18-16)12-15-5-2-1-3-6-15/h1-8,11,13,21H,9-10,12H2. The molecule has 3 aromatic rings. The van der Waals surface area contributed by atoms with Crippen LogP contribution in [0.1, 0.15) is 16.8 Å². The summed E-state index contributed by atoms with van der Waals surface area (Å²) in [4.78, 5) is 0. The highest BCUT2D eigenvalue weighted by molar-refractivity contribution is 5.27. The molecule has 0 spiro atoms. The van der Waals surface area contributed by atoms with Crippen molar-refractivity contribution in [2.24, 2.45) is 0 Å². The van der Waals surface area contributed by atoms with Gasteiger partial charge in [0.25, 0.3) is 0 Å². The number of aromatic hydroxyl groups is 1. The van der Waals surface area contributed by atoms with Crippen molar-refractivity contribution in [2.75, 3.05) is 0 Å². The largest absolute Gasteiger partial charge is 0.508 e. The summed E-state index contributed by atoms with van der Waals surface area (Å²) in [5.41, 5.74) is 3.28. The zero-order valence-electron chi connectivity index (χ0n) is 11.7. The van der Waals surface area contributed by atoms with E-state index in [4.69, 9.17) is 0 Å². The third-order valence-corrected chi connectivity index (χ3v) is 3.35. The summed E-state index contributed by atoms with van der Waals surface area (Å²) in [5, 5.41) is 17.8. The first-order valence-electron chi connectivity index (χ1n) is 7.00. The molecular weight excluding hydrogens is 262 g/mol. The second kappa shape index (κ2) is 6.22. The molecule has 1 heterocycles. The van der Waals surface area contributed by atoms with Gasteiger partial charge in [-0.2, -0.15) is 0 Å². The van der Waals surface area contributed by atoms with Gasteiger partial charge in [0.2, 0.25) is 0 Å². The molecule has 2 aromatic carbocycles. The molecule has 0 saturated carbocycles. The molecule has 0 unspecified atom stereocenters. The van der Waals surface area contributed by atoms with Crippen LogP contribution >= 0.6 is 0 Å². The van der Waals surface area contributed by atoms with Gasteiger partial charge < -0.3 is 5.11 Å². The van der Waals surface area contributed by atoms with Crippen molar-refractivity contribution in [3.05, 3.63) is 77.6 Å². The predicted octanol–water partition coefficient (Wildman–Crippen LogP) is 2.82. The van der Waals surface area contributed by atoms with Gasteiger partial charge in [0.1, 0.15) is 5.75 Å². The van der Waals surface area contributed by atoms with Gasteiger partial charge in [-0.1, -0.05) is 47.7 Å². The lowest BCUT2D eigenvalue weighted by Crippen LogP contribution is -1.99. The molecule has 3 rings (SSSR count). The third kappa shape index (κ3) is 3.69. The molecule has 0 atom stereocenters. The van der Waals surface area contributed by atoms with Crippen molar-refractivity contribution in [1.82, 2.24) is 15.0 Å². The summed E-state index contributed by atoms with van der Waals surface area (Å²) in [7, 11) is 0. The van der Waals surface area contributed by atoms with Crippen LogP contribution in [0.5, 0.6) is 5.75 Å². The van der Waals surface area contributed by atoms with Crippen LogP contribution in [0, 0.1) is 0 Å². The Labute approximate surface area is 123 Å². The lowest BCUT2D eigenvalue weighted by Gasteiger charge is -2.00. The van der Waals surface area contributed by atoms with Crippen LogP contribution in [0.4, 0.5) is 0 Å². The van der Waals surface area contributed by atoms with E-state index in [9.17, 15) is 5.11 Å². The van der Waals surface area contributed by atoms with Crippen LogP contribution in [0.3, 0.4) is 0 Å². The van der Waals surface area contributed by atoms with E-state index in [0.29, 0.717) is 5.75 Å². The monoisotopic (exact) mass is 279 g/mol. The number of phenols is 1. The third-order valence-electron chi connectivity index (χ3n) is 3.35. The molecular formula is C17H17N3O. The SMILES string of the molecule is Oc1cccc(CCc2cn(Cc3ccccc3)nn2)c1. The number of benzene rings is 2. The summed E-state index contributed by atoms with van der Waals surface area (Å²) in [6.45, 7) is 0.736. The van der Waals surface area contributed by atoms with Crippen LogP contribution in [0.25, 0.3) is 0 Å². The number of aromatic nitrogens is 3. The normalized spacial score (nSPS) is 10.7. The Morgan fingerprint density at radius 3 is 2.52 bits per heavy atom. The van der Waals surface area contributed by atoms with Crippen molar-refractivity contribution < 1.29 is 5.11 Å². The summed E-state index contributed by atoms with van der Waals surface area (Å²) in [6.07, 6.45) is 3.65. The van der Waals surface area contributed by atoms with Crippen LogP contribution < -0.4 is 0 Å². The highest BCUT2D eigenvalue weighted by atomic mass is 16.3. The van der Waals surface area contributed by atoms with Crippen LogP contribution in [-0.4, -0.2) is 20.1 Å². The topological polar surface area (TPSA) is 50.9 Å². The summed E-state index contributed by atoms with van der Waals surface area (Å²) in [5.74, 6) is 0.306. The summed E-state index contributed by atoms with van der Waals surface area (Å²) < 4.78 is 1.85. The van der Waals surface area contributed by atoms with Gasteiger partial charge in [-0.25, -0.2) is 4.68 Å². The zero-order valence-corrected chi connectivity index (χ0v) is 11.7. The minimum absolute atomic E-state index is 0.306. The fourth-order valence-electron chi connectivity index (χ4n) is 2.29. The van der Waals surface area contributed by atoms with E-state index in [2.05, 4.69) is 22.4 Å². The van der Waals surface area contributed by atoms with Crippen molar-refractivity contribution in [3.8, 4) is 5.75 Å². The molecule has 0 fully saturated rings. The molecule has 0 radical (unpaired) electrons. The van der Waals surface area contributed by atoms with E-state index in [1.807, 2.05) is 41.2 Å². The average Bonchev–Trinajstić information content (AvgIpc) is 2.94. The molecule has 0 bridgehead atoms. The molecule has 4 nitrogen and oxygen atoms in total. The highest BCUT2D eigenvalue weighted by Crippen LogP contribution is 2.13. The first-order chi connectivity index (χ1) is 10.3. The number of hydrogen-bond donors (Lipinski definition) is 1. The van der Waals surface area contributed by atoms with E-state index in [1.54, 1.807) is 12.1 Å². The van der Waals surface area contributed by atoms with Crippen molar-refractivity contribution in [1.29, 1.82) is 0 Å². The lowest BCUT2D eigenvalue weighted by molar-refractivity contribution is 0.474. The Morgan fingerprint density at radius 2 is 1.71 bits per heavy atom. The smallest absolute Gasteiger partial charge is 0.115 e. The predicted molar refractivity (Wildman–Crippen MR) is 81.1 cm³/mol. The van der Waals surface area contributed by atoms with Crippen LogP contribution in [0.2, 0.25) is 0 Å². The first-order valence-corrected chi connectivity index (χ1v) is 7.00. The fraction of sp³-hybridized carbons (Fsp3) is 0.176. The van der Waals surface area contributed by atoms with E-state index < -0.39 is 0 Å². The Bertz CT molecular complexity index is 707. The van der Waals surface area contributed by atoms with Crippen molar-refractivity contribution >= 4 is 0 Å². The van der Waals surface area contributed by atoms with Gasteiger partial charge in [0.15, 0.2) is 0 Å². The van der Waals surface area contributed by atoms with E-state index in [1.165, 1.54) is 5.56 Å². The Kier molecular flexibility index (Phi) is 3.96. The van der Waals surface area contributed by atoms with Gasteiger partial charge in [-0.3, -0.25) is 0 Å². The van der Waals surface area contributed by atoms with Crippen molar-refractivity contribution in [2.45, 2.75) is 19.4 Å². The molecule has 1 N–H and O–H groups in total. The minimum Gasteiger partial charge on any atom is -0.508 e. The van der Waals surface area contributed by atoms with E-state index in [-0.39, 0.29) is 0 Å². The number of aryl methyl sites for hydroxylation is 2.